The van der Waals surface area contributed by atoms with E-state index < -0.39 is 5.91 Å². The van der Waals surface area contributed by atoms with Crippen LogP contribution in [0.5, 0.6) is 0 Å². The molecule has 0 atom stereocenters. The van der Waals surface area contributed by atoms with Gasteiger partial charge in [-0.2, -0.15) is 5.10 Å². The number of nitrogens with one attached hydrogen (secondary N) is 1. The van der Waals surface area contributed by atoms with E-state index in [9.17, 15) is 9.59 Å². The predicted octanol–water partition coefficient (Wildman–Crippen LogP) is 1.85. The van der Waals surface area contributed by atoms with Crippen molar-refractivity contribution in [2.45, 2.75) is 13.5 Å². The van der Waals surface area contributed by atoms with Crippen LogP contribution in [0.4, 0.5) is 0 Å². The SMILES string of the molecule is Cc1nc2c(Br)cc(Br)cc2c(=O)n1CC(=O)N/N=C\N(C)C. The highest BCUT2D eigenvalue weighted by molar-refractivity contribution is 9.11. The molecule has 1 N–H and O–H groups in total. The average Bonchev–Trinajstić information content (AvgIpc) is 2.44. The molecule has 0 spiro atoms. The number of carbonyl (C=O) groups is 1. The standard InChI is InChI=1S/C14H15Br2N5O2/c1-8-18-13-10(4-9(15)5-11(13)16)14(23)21(8)6-12(22)19-17-7-20(2)3/h4-5,7H,6H2,1-3H3,(H,19,22)/b17-7-. The summed E-state index contributed by atoms with van der Waals surface area (Å²) in [6.07, 6.45) is 1.46. The molecule has 9 heteroatoms. The Morgan fingerprint density at radius 3 is 2.78 bits per heavy atom. The van der Waals surface area contributed by atoms with Gasteiger partial charge in [-0.25, -0.2) is 10.4 Å². The van der Waals surface area contributed by atoms with Gasteiger partial charge in [-0.15, -0.1) is 0 Å². The molecule has 1 aromatic heterocycles. The van der Waals surface area contributed by atoms with Crippen LogP contribution in [-0.2, 0) is 11.3 Å². The molecule has 0 fully saturated rings. The third kappa shape index (κ3) is 4.17. The molecule has 2 aromatic rings. The summed E-state index contributed by atoms with van der Waals surface area (Å²) in [6, 6.07) is 3.51. The van der Waals surface area contributed by atoms with Crippen LogP contribution in [-0.4, -0.2) is 40.8 Å². The summed E-state index contributed by atoms with van der Waals surface area (Å²) in [7, 11) is 3.57. The molecule has 7 nitrogen and oxygen atoms in total. The zero-order chi connectivity index (χ0) is 17.1. The fourth-order valence-electron chi connectivity index (χ4n) is 1.94. The molecule has 0 aliphatic heterocycles. The summed E-state index contributed by atoms with van der Waals surface area (Å²) in [6.45, 7) is 1.54. The van der Waals surface area contributed by atoms with E-state index in [1.54, 1.807) is 32.0 Å². The van der Waals surface area contributed by atoms with Gasteiger partial charge in [0.05, 0.1) is 10.9 Å². The zero-order valence-electron chi connectivity index (χ0n) is 12.8. The number of rotatable bonds is 4. The quantitative estimate of drug-likeness (QED) is 0.443. The first-order valence-corrected chi connectivity index (χ1v) is 8.23. The van der Waals surface area contributed by atoms with Crippen molar-refractivity contribution in [1.29, 1.82) is 0 Å². The van der Waals surface area contributed by atoms with Crippen molar-refractivity contribution >= 4 is 55.0 Å². The first-order valence-electron chi connectivity index (χ1n) is 6.64. The van der Waals surface area contributed by atoms with Crippen molar-refractivity contribution in [3.8, 4) is 0 Å². The Hall–Kier alpha value is -1.74. The number of carbonyl (C=O) groups excluding carboxylic acids is 1. The fraction of sp³-hybridized carbons (Fsp3) is 0.286. The minimum atomic E-state index is -0.400. The first-order chi connectivity index (χ1) is 10.8. The van der Waals surface area contributed by atoms with Crippen molar-refractivity contribution in [2.24, 2.45) is 5.10 Å². The largest absolute Gasteiger partial charge is 0.367 e. The molecule has 0 aliphatic carbocycles. The van der Waals surface area contributed by atoms with Crippen LogP contribution < -0.4 is 11.0 Å². The molecule has 0 aliphatic rings. The van der Waals surface area contributed by atoms with Crippen LogP contribution in [0.3, 0.4) is 0 Å². The molecule has 0 saturated heterocycles. The molecule has 2 rings (SSSR count). The lowest BCUT2D eigenvalue weighted by Crippen LogP contribution is -2.32. The number of hydrazone groups is 1. The summed E-state index contributed by atoms with van der Waals surface area (Å²) < 4.78 is 2.79. The number of aromatic nitrogens is 2. The van der Waals surface area contributed by atoms with Crippen molar-refractivity contribution in [3.63, 3.8) is 0 Å². The third-order valence-corrected chi connectivity index (χ3v) is 4.01. The Bertz CT molecular complexity index is 845. The Morgan fingerprint density at radius 1 is 1.43 bits per heavy atom. The summed E-state index contributed by atoms with van der Waals surface area (Å²) >= 11 is 6.75. The number of nitrogens with zero attached hydrogens (tertiary/aromatic N) is 4. The number of benzene rings is 1. The highest BCUT2D eigenvalue weighted by Crippen LogP contribution is 2.25. The smallest absolute Gasteiger partial charge is 0.261 e. The number of halogens is 2. The van der Waals surface area contributed by atoms with E-state index in [-0.39, 0.29) is 12.1 Å². The Balaban J connectivity index is 2.38. The third-order valence-electron chi connectivity index (χ3n) is 2.95. The van der Waals surface area contributed by atoms with Gasteiger partial charge in [0, 0.05) is 23.0 Å². The molecular weight excluding hydrogens is 430 g/mol. The Morgan fingerprint density at radius 2 is 2.13 bits per heavy atom. The average molecular weight is 445 g/mol. The molecule has 1 heterocycles. The lowest BCUT2D eigenvalue weighted by Gasteiger charge is -2.11. The van der Waals surface area contributed by atoms with Crippen LogP contribution in [0.15, 0.2) is 31.0 Å². The monoisotopic (exact) mass is 443 g/mol. The summed E-state index contributed by atoms with van der Waals surface area (Å²) in [5.41, 5.74) is 2.66. The van der Waals surface area contributed by atoms with Gasteiger partial charge in [0.1, 0.15) is 18.7 Å². The maximum Gasteiger partial charge on any atom is 0.261 e. The molecule has 0 bridgehead atoms. The van der Waals surface area contributed by atoms with E-state index in [1.165, 1.54) is 10.9 Å². The van der Waals surface area contributed by atoms with E-state index in [0.717, 1.165) is 4.47 Å². The van der Waals surface area contributed by atoms with Crippen LogP contribution in [0.2, 0.25) is 0 Å². The van der Waals surface area contributed by atoms with Gasteiger partial charge < -0.3 is 4.90 Å². The maximum atomic E-state index is 12.6. The van der Waals surface area contributed by atoms with Gasteiger partial charge in [-0.3, -0.25) is 14.2 Å². The van der Waals surface area contributed by atoms with Crippen molar-refractivity contribution in [3.05, 3.63) is 37.3 Å². The second-order valence-electron chi connectivity index (χ2n) is 5.08. The number of aryl methyl sites for hydroxylation is 1. The van der Waals surface area contributed by atoms with Crippen molar-refractivity contribution < 1.29 is 4.79 Å². The zero-order valence-corrected chi connectivity index (χ0v) is 16.0. The van der Waals surface area contributed by atoms with Gasteiger partial charge in [-0.1, -0.05) is 15.9 Å². The highest BCUT2D eigenvalue weighted by atomic mass is 79.9. The van der Waals surface area contributed by atoms with Gasteiger partial charge in [-0.05, 0) is 35.0 Å². The Labute approximate surface area is 149 Å². The predicted molar refractivity (Wildman–Crippen MR) is 96.5 cm³/mol. The van der Waals surface area contributed by atoms with E-state index in [0.29, 0.717) is 21.2 Å². The molecule has 0 unspecified atom stereocenters. The first kappa shape index (κ1) is 17.6. The second-order valence-corrected chi connectivity index (χ2v) is 6.85. The van der Waals surface area contributed by atoms with E-state index in [2.05, 4.69) is 47.4 Å². The van der Waals surface area contributed by atoms with Crippen LogP contribution in [0.25, 0.3) is 10.9 Å². The second kappa shape index (κ2) is 7.22. The van der Waals surface area contributed by atoms with Gasteiger partial charge in [0.15, 0.2) is 0 Å². The van der Waals surface area contributed by atoms with E-state index >= 15 is 0 Å². The lowest BCUT2D eigenvalue weighted by molar-refractivity contribution is -0.121. The normalized spacial score (nSPS) is 11.2. The molecule has 0 saturated carbocycles. The maximum absolute atomic E-state index is 12.6. The Kier molecular flexibility index (Phi) is 5.53. The summed E-state index contributed by atoms with van der Waals surface area (Å²) in [4.78, 5) is 30.6. The minimum absolute atomic E-state index is 0.150. The van der Waals surface area contributed by atoms with Gasteiger partial charge in [0.2, 0.25) is 0 Å². The van der Waals surface area contributed by atoms with Gasteiger partial charge in [0.25, 0.3) is 11.5 Å². The van der Waals surface area contributed by atoms with Crippen LogP contribution in [0.1, 0.15) is 5.82 Å². The van der Waals surface area contributed by atoms with E-state index in [4.69, 9.17) is 0 Å². The molecule has 122 valence electrons. The molecule has 23 heavy (non-hydrogen) atoms. The van der Waals surface area contributed by atoms with Crippen LogP contribution in [0, 0.1) is 6.92 Å². The number of hydrogen-bond donors (Lipinski definition) is 1. The van der Waals surface area contributed by atoms with Crippen LogP contribution >= 0.6 is 31.9 Å². The summed E-state index contributed by atoms with van der Waals surface area (Å²) in [5.74, 6) is 0.0563. The minimum Gasteiger partial charge on any atom is -0.367 e. The van der Waals surface area contributed by atoms with Crippen molar-refractivity contribution in [1.82, 2.24) is 19.9 Å². The number of fused-ring (bicyclic) bond motifs is 1. The molecule has 1 amide bonds. The fourth-order valence-corrected chi connectivity index (χ4v) is 3.25. The lowest BCUT2D eigenvalue weighted by atomic mass is 10.2. The van der Waals surface area contributed by atoms with E-state index in [1.807, 2.05) is 6.07 Å². The van der Waals surface area contributed by atoms with Crippen molar-refractivity contribution in [2.75, 3.05) is 14.1 Å². The molecule has 0 radical (unpaired) electrons. The molecule has 1 aromatic carbocycles. The molecular formula is C14H15Br2N5O2. The highest BCUT2D eigenvalue weighted by Gasteiger charge is 2.13. The summed E-state index contributed by atoms with van der Waals surface area (Å²) in [5, 5.41) is 4.20. The number of amides is 1. The number of hydrogen-bond acceptors (Lipinski definition) is 4. The topological polar surface area (TPSA) is 79.6 Å². The van der Waals surface area contributed by atoms with Gasteiger partial charge >= 0.3 is 0 Å².